The van der Waals surface area contributed by atoms with Gasteiger partial charge in [-0.25, -0.2) is 22.2 Å². The maximum atomic E-state index is 13.8. The molecule has 10 heteroatoms. The van der Waals surface area contributed by atoms with Crippen molar-refractivity contribution < 1.29 is 22.7 Å². The lowest BCUT2D eigenvalue weighted by Crippen LogP contribution is -2.49. The summed E-state index contributed by atoms with van der Waals surface area (Å²) in [6.45, 7) is 8.14. The van der Waals surface area contributed by atoms with Crippen LogP contribution in [0.4, 0.5) is 10.5 Å². The molecule has 9 nitrogen and oxygen atoms in total. The molecule has 1 fully saturated rings. The number of nitrogens with zero attached hydrogens (tertiary/aromatic N) is 4. The van der Waals surface area contributed by atoms with E-state index in [2.05, 4.69) is 11.9 Å². The Balaban J connectivity index is 1.40. The monoisotopic (exact) mass is 590 g/mol. The molecule has 0 atom stereocenters. The molecule has 1 aliphatic rings. The predicted molar refractivity (Wildman–Crippen MR) is 164 cm³/mol. The molecule has 2 aromatic heterocycles. The highest BCUT2D eigenvalue weighted by molar-refractivity contribution is 7.90. The molecule has 222 valence electrons. The number of carbonyl (C=O) groups excluding carboxylic acids is 1. The fourth-order valence-electron chi connectivity index (χ4n) is 5.33. The van der Waals surface area contributed by atoms with Gasteiger partial charge in [0.25, 0.3) is 10.0 Å². The van der Waals surface area contributed by atoms with Crippen LogP contribution in [0.2, 0.25) is 0 Å². The van der Waals surface area contributed by atoms with Crippen molar-refractivity contribution in [3.8, 4) is 11.5 Å². The Labute approximate surface area is 247 Å². The van der Waals surface area contributed by atoms with Crippen LogP contribution in [0.5, 0.6) is 11.5 Å². The smallest absolute Gasteiger partial charge is 0.324 e. The van der Waals surface area contributed by atoms with Crippen molar-refractivity contribution >= 4 is 32.8 Å². The fourth-order valence-corrected chi connectivity index (χ4v) is 6.63. The standard InChI is InChI=1S/C32H38N4O5S/c1-5-6-7-19-41-30-21-28(24(3)20-29(30)40-4)35-17-8-16-34(32(35)37)22-25-13-15-33-31-27(25)14-18-36(31)42(38,39)26-11-9-23(2)10-12-26/h9-15,18,20-21H,5-8,16-17,19,22H2,1-4H3. The van der Waals surface area contributed by atoms with Crippen LogP contribution < -0.4 is 14.4 Å². The van der Waals surface area contributed by atoms with Gasteiger partial charge in [0.05, 0.1) is 24.3 Å². The molecule has 2 aromatic carbocycles. The fraction of sp³-hybridized carbons (Fsp3) is 0.375. The molecule has 5 rings (SSSR count). The number of methoxy groups -OCH3 is 1. The lowest BCUT2D eigenvalue weighted by molar-refractivity contribution is 0.192. The number of unbranched alkanes of at least 4 members (excludes halogenated alkanes) is 2. The normalized spacial score (nSPS) is 14.0. The summed E-state index contributed by atoms with van der Waals surface area (Å²) >= 11 is 0. The number of carbonyl (C=O) groups is 1. The van der Waals surface area contributed by atoms with Gasteiger partial charge >= 0.3 is 6.03 Å². The largest absolute Gasteiger partial charge is 0.493 e. The van der Waals surface area contributed by atoms with E-state index in [1.165, 1.54) is 10.2 Å². The third-order valence-electron chi connectivity index (χ3n) is 7.67. The number of ether oxygens (including phenoxy) is 2. The second-order valence-corrected chi connectivity index (χ2v) is 12.5. The third-order valence-corrected chi connectivity index (χ3v) is 9.35. The van der Waals surface area contributed by atoms with Crippen molar-refractivity contribution in [2.75, 3.05) is 31.7 Å². The van der Waals surface area contributed by atoms with Crippen LogP contribution in [-0.4, -0.2) is 55.1 Å². The SMILES string of the molecule is CCCCCOc1cc(N2CCCN(Cc3ccnc4c3ccn4S(=O)(=O)c3ccc(C)cc3)C2=O)c(C)cc1OC. The minimum atomic E-state index is -3.83. The molecule has 0 aliphatic carbocycles. The van der Waals surface area contributed by atoms with E-state index in [0.29, 0.717) is 48.8 Å². The molecule has 3 heterocycles. The number of pyridine rings is 1. The molecule has 0 unspecified atom stereocenters. The van der Waals surface area contributed by atoms with Crippen LogP contribution in [0.1, 0.15) is 49.3 Å². The number of amides is 2. The third kappa shape index (κ3) is 5.81. The summed E-state index contributed by atoms with van der Waals surface area (Å²) in [4.78, 5) is 22.0. The number of fused-ring (bicyclic) bond motifs is 1. The summed E-state index contributed by atoms with van der Waals surface area (Å²) in [5.74, 6) is 1.28. The Bertz CT molecular complexity index is 1680. The van der Waals surface area contributed by atoms with Gasteiger partial charge in [-0.3, -0.25) is 4.90 Å². The number of hydrogen-bond acceptors (Lipinski definition) is 6. The quantitative estimate of drug-likeness (QED) is 0.190. The maximum Gasteiger partial charge on any atom is 0.324 e. The van der Waals surface area contributed by atoms with Crippen molar-refractivity contribution in [2.45, 2.75) is 57.9 Å². The molecule has 2 amide bonds. The zero-order valence-corrected chi connectivity index (χ0v) is 25.5. The Kier molecular flexibility index (Phi) is 8.72. The van der Waals surface area contributed by atoms with E-state index in [9.17, 15) is 13.2 Å². The summed E-state index contributed by atoms with van der Waals surface area (Å²) in [5.41, 5.74) is 3.87. The summed E-state index contributed by atoms with van der Waals surface area (Å²) in [6, 6.07) is 14.1. The molecule has 0 bridgehead atoms. The molecule has 0 spiro atoms. The van der Waals surface area contributed by atoms with Gasteiger partial charge in [-0.05, 0) is 68.1 Å². The van der Waals surface area contributed by atoms with Gasteiger partial charge in [0, 0.05) is 43.5 Å². The molecular formula is C32H38N4O5S. The first-order chi connectivity index (χ1) is 20.2. The minimum Gasteiger partial charge on any atom is -0.493 e. The molecule has 42 heavy (non-hydrogen) atoms. The molecular weight excluding hydrogens is 552 g/mol. The number of benzene rings is 2. The zero-order chi connectivity index (χ0) is 29.9. The Morgan fingerprint density at radius 1 is 0.976 bits per heavy atom. The van der Waals surface area contributed by atoms with E-state index in [4.69, 9.17) is 9.47 Å². The zero-order valence-electron chi connectivity index (χ0n) is 24.7. The van der Waals surface area contributed by atoms with Gasteiger partial charge in [-0.1, -0.05) is 37.5 Å². The van der Waals surface area contributed by atoms with Gasteiger partial charge in [0.1, 0.15) is 0 Å². The van der Waals surface area contributed by atoms with Crippen molar-refractivity contribution in [1.82, 2.24) is 13.9 Å². The second-order valence-electron chi connectivity index (χ2n) is 10.7. The molecule has 0 N–H and O–H groups in total. The Morgan fingerprint density at radius 2 is 1.76 bits per heavy atom. The summed E-state index contributed by atoms with van der Waals surface area (Å²) < 4.78 is 39.6. The first-order valence-electron chi connectivity index (χ1n) is 14.4. The van der Waals surface area contributed by atoms with Crippen molar-refractivity contribution in [2.24, 2.45) is 0 Å². The lowest BCUT2D eigenvalue weighted by Gasteiger charge is -2.36. The number of urea groups is 1. The molecule has 0 saturated carbocycles. The molecule has 4 aromatic rings. The lowest BCUT2D eigenvalue weighted by atomic mass is 10.1. The van der Waals surface area contributed by atoms with Gasteiger partial charge in [-0.15, -0.1) is 0 Å². The van der Waals surface area contributed by atoms with Gasteiger partial charge in [0.2, 0.25) is 0 Å². The van der Waals surface area contributed by atoms with Crippen LogP contribution in [0, 0.1) is 13.8 Å². The second kappa shape index (κ2) is 12.4. The molecule has 1 aliphatic heterocycles. The Hall–Kier alpha value is -4.05. The number of rotatable bonds is 11. The van der Waals surface area contributed by atoms with Crippen LogP contribution in [-0.2, 0) is 16.6 Å². The molecule has 1 saturated heterocycles. The first-order valence-corrected chi connectivity index (χ1v) is 15.8. The summed E-state index contributed by atoms with van der Waals surface area (Å²) in [7, 11) is -2.21. The first kappa shape index (κ1) is 29.4. The molecule has 0 radical (unpaired) electrons. The highest BCUT2D eigenvalue weighted by atomic mass is 32.2. The van der Waals surface area contributed by atoms with Crippen LogP contribution in [0.15, 0.2) is 65.8 Å². The Morgan fingerprint density at radius 3 is 2.50 bits per heavy atom. The topological polar surface area (TPSA) is 94.0 Å². The maximum absolute atomic E-state index is 13.8. The number of aromatic nitrogens is 2. The van der Waals surface area contributed by atoms with Crippen LogP contribution in [0.3, 0.4) is 0 Å². The van der Waals surface area contributed by atoms with Gasteiger partial charge in [-0.2, -0.15) is 0 Å². The summed E-state index contributed by atoms with van der Waals surface area (Å²) in [5, 5.41) is 0.696. The number of aryl methyl sites for hydroxylation is 2. The van der Waals surface area contributed by atoms with E-state index in [1.807, 2.05) is 32.0 Å². The number of anilines is 1. The van der Waals surface area contributed by atoms with E-state index >= 15 is 0 Å². The number of hydrogen-bond donors (Lipinski definition) is 0. The predicted octanol–water partition coefficient (Wildman–Crippen LogP) is 6.30. The van der Waals surface area contributed by atoms with Crippen LogP contribution in [0.25, 0.3) is 11.0 Å². The van der Waals surface area contributed by atoms with Crippen molar-refractivity contribution in [3.05, 3.63) is 77.6 Å². The van der Waals surface area contributed by atoms with E-state index in [0.717, 1.165) is 48.1 Å². The van der Waals surface area contributed by atoms with Gasteiger partial charge in [0.15, 0.2) is 17.1 Å². The van der Waals surface area contributed by atoms with E-state index in [1.54, 1.807) is 53.4 Å². The average Bonchev–Trinajstić information content (AvgIpc) is 3.43. The van der Waals surface area contributed by atoms with Crippen molar-refractivity contribution in [1.29, 1.82) is 0 Å². The van der Waals surface area contributed by atoms with E-state index < -0.39 is 10.0 Å². The van der Waals surface area contributed by atoms with Crippen molar-refractivity contribution in [3.63, 3.8) is 0 Å². The van der Waals surface area contributed by atoms with Crippen LogP contribution >= 0.6 is 0 Å². The highest BCUT2D eigenvalue weighted by Crippen LogP contribution is 2.37. The average molecular weight is 591 g/mol. The van der Waals surface area contributed by atoms with Gasteiger partial charge < -0.3 is 14.4 Å². The summed E-state index contributed by atoms with van der Waals surface area (Å²) in [6.07, 6.45) is 7.07. The minimum absolute atomic E-state index is 0.108. The highest BCUT2D eigenvalue weighted by Gasteiger charge is 2.30. The van der Waals surface area contributed by atoms with E-state index in [-0.39, 0.29) is 10.9 Å².